The zero-order valence-electron chi connectivity index (χ0n) is 26.1. The van der Waals surface area contributed by atoms with E-state index in [1.54, 1.807) is 18.4 Å². The molecule has 0 amide bonds. The normalized spacial score (nSPS) is 11.6. The maximum absolute atomic E-state index is 12.8. The number of aromatic nitrogens is 3. The van der Waals surface area contributed by atoms with E-state index in [0.717, 1.165) is 56.0 Å². The van der Waals surface area contributed by atoms with Gasteiger partial charge in [-0.25, -0.2) is 9.97 Å². The average Bonchev–Trinajstić information content (AvgIpc) is 3.61. The molecule has 6 rings (SSSR count). The lowest BCUT2D eigenvalue weighted by molar-refractivity contribution is -0.153. The molecule has 3 heterocycles. The van der Waals surface area contributed by atoms with Crippen molar-refractivity contribution in [3.8, 4) is 22.8 Å². The molecule has 45 heavy (non-hydrogen) atoms. The molecule has 0 N–H and O–H groups in total. The quantitative estimate of drug-likeness (QED) is 0.129. The molecule has 7 nitrogen and oxygen atoms in total. The fourth-order valence-electron chi connectivity index (χ4n) is 5.52. The molecule has 0 unspecified atom stereocenters. The predicted octanol–water partition coefficient (Wildman–Crippen LogP) is 8.12. The molecule has 0 aliphatic rings. The van der Waals surface area contributed by atoms with E-state index in [2.05, 4.69) is 58.1 Å². The van der Waals surface area contributed by atoms with E-state index in [9.17, 15) is 4.79 Å². The van der Waals surface area contributed by atoms with Crippen LogP contribution in [0.1, 0.15) is 37.0 Å². The van der Waals surface area contributed by atoms with E-state index in [-0.39, 0.29) is 5.97 Å². The third-order valence-electron chi connectivity index (χ3n) is 7.91. The van der Waals surface area contributed by atoms with Crippen molar-refractivity contribution in [3.05, 3.63) is 107 Å². The van der Waals surface area contributed by atoms with Gasteiger partial charge < -0.3 is 18.8 Å². The summed E-state index contributed by atoms with van der Waals surface area (Å²) in [7, 11) is 1.61. The van der Waals surface area contributed by atoms with Crippen molar-refractivity contribution in [3.63, 3.8) is 0 Å². The number of pyridine rings is 1. The topological polar surface area (TPSA) is 75.5 Å². The molecule has 0 spiro atoms. The minimum Gasteiger partial charge on any atom is -0.493 e. The molecule has 0 saturated carbocycles. The van der Waals surface area contributed by atoms with Gasteiger partial charge in [0.25, 0.3) is 0 Å². The molecule has 0 fully saturated rings. The molecule has 230 valence electrons. The van der Waals surface area contributed by atoms with Crippen LogP contribution in [0.5, 0.6) is 11.6 Å². The van der Waals surface area contributed by atoms with Gasteiger partial charge in [0.15, 0.2) is 0 Å². The standard InChI is InChI=1S/C37H37N3O4S/c1-5-43-36(41)37(2,3)22-29-20-28-21-30(44-19-18-35-39-31-8-6-7-9-33(31)45-35)15-16-32(28)40(29)24-25-10-12-26(13-11-25)27-14-17-34(42-4)38-23-27/h6-17,20-21,23H,5,18-19,22,24H2,1-4H3. The SMILES string of the molecule is CCOC(=O)C(C)(C)Cc1cc2cc(OCCc3nc4ccccc4s3)ccc2n1Cc1ccc(-c2ccc(OC)nc2)cc1. The minimum atomic E-state index is -0.677. The Morgan fingerprint density at radius 2 is 1.76 bits per heavy atom. The van der Waals surface area contributed by atoms with Crippen LogP contribution in [-0.2, 0) is 28.9 Å². The van der Waals surface area contributed by atoms with Gasteiger partial charge in [-0.15, -0.1) is 11.3 Å². The second-order valence-electron chi connectivity index (χ2n) is 11.7. The lowest BCUT2D eigenvalue weighted by atomic mass is 9.88. The summed E-state index contributed by atoms with van der Waals surface area (Å²) >= 11 is 1.71. The number of methoxy groups -OCH3 is 1. The number of esters is 1. The molecule has 0 saturated heterocycles. The van der Waals surface area contributed by atoms with Gasteiger partial charge in [0.1, 0.15) is 5.75 Å². The number of para-hydroxylation sites is 1. The molecule has 0 atom stereocenters. The second kappa shape index (κ2) is 13.1. The Labute approximate surface area is 267 Å². The van der Waals surface area contributed by atoms with Crippen molar-refractivity contribution >= 4 is 38.4 Å². The van der Waals surface area contributed by atoms with E-state index in [1.165, 1.54) is 4.70 Å². The number of fused-ring (bicyclic) bond motifs is 2. The zero-order valence-corrected chi connectivity index (χ0v) is 26.9. The molecule has 0 aliphatic carbocycles. The first-order valence-electron chi connectivity index (χ1n) is 15.2. The van der Waals surface area contributed by atoms with E-state index < -0.39 is 5.41 Å². The largest absolute Gasteiger partial charge is 0.493 e. The summed E-state index contributed by atoms with van der Waals surface area (Å²) < 4.78 is 20.3. The van der Waals surface area contributed by atoms with Crippen LogP contribution in [0.25, 0.3) is 32.2 Å². The molecule has 0 aliphatic heterocycles. The van der Waals surface area contributed by atoms with Gasteiger partial charge in [-0.2, -0.15) is 0 Å². The predicted molar refractivity (Wildman–Crippen MR) is 180 cm³/mol. The fourth-order valence-corrected chi connectivity index (χ4v) is 6.47. The third-order valence-corrected chi connectivity index (χ3v) is 9.00. The number of hydrogen-bond acceptors (Lipinski definition) is 7. The molecule has 3 aromatic carbocycles. The second-order valence-corrected chi connectivity index (χ2v) is 12.8. The summed E-state index contributed by atoms with van der Waals surface area (Å²) in [5, 5.41) is 2.14. The maximum atomic E-state index is 12.8. The number of rotatable bonds is 12. The lowest BCUT2D eigenvalue weighted by Gasteiger charge is -2.23. The Kier molecular flexibility index (Phi) is 8.85. The highest BCUT2D eigenvalue weighted by Gasteiger charge is 2.31. The molecule has 0 bridgehead atoms. The van der Waals surface area contributed by atoms with Gasteiger partial charge in [0.05, 0.1) is 41.0 Å². The highest BCUT2D eigenvalue weighted by Crippen LogP contribution is 2.32. The Bertz CT molecular complexity index is 1890. The lowest BCUT2D eigenvalue weighted by Crippen LogP contribution is -2.30. The summed E-state index contributed by atoms with van der Waals surface area (Å²) in [6.07, 6.45) is 3.12. The highest BCUT2D eigenvalue weighted by molar-refractivity contribution is 7.18. The van der Waals surface area contributed by atoms with Crippen molar-refractivity contribution in [1.29, 1.82) is 0 Å². The first-order valence-corrected chi connectivity index (χ1v) is 16.0. The highest BCUT2D eigenvalue weighted by atomic mass is 32.1. The maximum Gasteiger partial charge on any atom is 0.311 e. The molecule has 3 aromatic heterocycles. The van der Waals surface area contributed by atoms with Crippen molar-refractivity contribution in [2.75, 3.05) is 20.3 Å². The van der Waals surface area contributed by atoms with Gasteiger partial charge in [-0.3, -0.25) is 4.79 Å². The van der Waals surface area contributed by atoms with Crippen LogP contribution < -0.4 is 9.47 Å². The Morgan fingerprint density at radius 1 is 0.956 bits per heavy atom. The van der Waals surface area contributed by atoms with Gasteiger partial charge in [-0.05, 0) is 74.4 Å². The average molecular weight is 620 g/mol. The van der Waals surface area contributed by atoms with Gasteiger partial charge in [0, 0.05) is 53.8 Å². The van der Waals surface area contributed by atoms with Crippen LogP contribution in [0.3, 0.4) is 0 Å². The van der Waals surface area contributed by atoms with Gasteiger partial charge in [-0.1, -0.05) is 36.4 Å². The number of nitrogens with zero attached hydrogens (tertiary/aromatic N) is 3. The van der Waals surface area contributed by atoms with Crippen LogP contribution in [0.4, 0.5) is 0 Å². The zero-order chi connectivity index (χ0) is 31.4. The summed E-state index contributed by atoms with van der Waals surface area (Å²) in [5.74, 6) is 1.21. The van der Waals surface area contributed by atoms with E-state index in [1.807, 2.05) is 63.4 Å². The van der Waals surface area contributed by atoms with Crippen LogP contribution >= 0.6 is 11.3 Å². The van der Waals surface area contributed by atoms with E-state index in [0.29, 0.717) is 32.1 Å². The van der Waals surface area contributed by atoms with Crippen molar-refractivity contribution in [1.82, 2.24) is 14.5 Å². The first kappa shape index (κ1) is 30.3. The molecular weight excluding hydrogens is 582 g/mol. The van der Waals surface area contributed by atoms with Crippen molar-refractivity contribution in [2.24, 2.45) is 5.41 Å². The van der Waals surface area contributed by atoms with Crippen molar-refractivity contribution < 1.29 is 19.0 Å². The van der Waals surface area contributed by atoms with Crippen LogP contribution in [0.15, 0.2) is 91.1 Å². The van der Waals surface area contributed by atoms with E-state index in [4.69, 9.17) is 19.2 Å². The van der Waals surface area contributed by atoms with Crippen LogP contribution in [0, 0.1) is 5.41 Å². The molecule has 8 heteroatoms. The van der Waals surface area contributed by atoms with Crippen LogP contribution in [-0.4, -0.2) is 40.8 Å². The summed E-state index contributed by atoms with van der Waals surface area (Å²) in [4.78, 5) is 21.9. The number of hydrogen-bond donors (Lipinski definition) is 0. The Hall–Kier alpha value is -4.69. The smallest absolute Gasteiger partial charge is 0.311 e. The first-order chi connectivity index (χ1) is 21.8. The summed E-state index contributed by atoms with van der Waals surface area (Å²) in [5.41, 5.74) is 5.79. The number of carbonyl (C=O) groups excluding carboxylic acids is 1. The number of carbonyl (C=O) groups is 1. The monoisotopic (exact) mass is 619 g/mol. The summed E-state index contributed by atoms with van der Waals surface area (Å²) in [6.45, 7) is 7.30. The Balaban J connectivity index is 1.24. The number of ether oxygens (including phenoxy) is 3. The van der Waals surface area contributed by atoms with Gasteiger partial charge in [0.2, 0.25) is 5.88 Å². The van der Waals surface area contributed by atoms with Crippen LogP contribution in [0.2, 0.25) is 0 Å². The number of benzene rings is 3. The molecule has 6 aromatic rings. The third kappa shape index (κ3) is 6.86. The fraction of sp³-hybridized carbons (Fsp3) is 0.270. The Morgan fingerprint density at radius 3 is 2.49 bits per heavy atom. The van der Waals surface area contributed by atoms with E-state index >= 15 is 0 Å². The van der Waals surface area contributed by atoms with Crippen molar-refractivity contribution in [2.45, 2.75) is 40.2 Å². The molecular formula is C37H37N3O4S. The summed E-state index contributed by atoms with van der Waals surface area (Å²) in [6, 6.07) is 29.0. The van der Waals surface area contributed by atoms with Gasteiger partial charge >= 0.3 is 5.97 Å². The number of thiazole rings is 1. The molecule has 0 radical (unpaired) electrons. The minimum absolute atomic E-state index is 0.196.